The second-order valence-corrected chi connectivity index (χ2v) is 14.3. The summed E-state index contributed by atoms with van der Waals surface area (Å²) in [4.78, 5) is 4.72. The van der Waals surface area contributed by atoms with E-state index in [1.807, 2.05) is 36.7 Å². The van der Waals surface area contributed by atoms with E-state index in [2.05, 4.69) is 164 Å². The van der Waals surface area contributed by atoms with Gasteiger partial charge in [0.05, 0.1) is 0 Å². The van der Waals surface area contributed by atoms with Crippen molar-refractivity contribution in [2.45, 2.75) is 0 Å². The number of aromatic nitrogens is 1. The predicted octanol–water partition coefficient (Wildman–Crippen LogP) is 14.9. The summed E-state index contributed by atoms with van der Waals surface area (Å²) >= 11 is 0. The molecule has 8 aromatic carbocycles. The molecule has 3 heteroatoms. The molecule has 11 aromatic rings. The number of para-hydroxylation sites is 4. The van der Waals surface area contributed by atoms with E-state index >= 15 is 0 Å². The standard InChI is InChI=1S/C53H33NO2/c1-3-25-50-46(19-1)48-23-9-21-44(52(48)55-50)40-17-7-13-36(29-40)34-11-5-15-38(27-34)42-31-43(33-54-32-42)39-16-6-12-35(28-39)37-14-8-18-41(30-37)45-22-10-24-49-47-20-2-4-26-51(47)56-53(45)49/h1-33H. The minimum absolute atomic E-state index is 0.906. The molecule has 262 valence electrons. The highest BCUT2D eigenvalue weighted by Crippen LogP contribution is 2.39. The zero-order valence-corrected chi connectivity index (χ0v) is 30.3. The number of pyridine rings is 1. The lowest BCUT2D eigenvalue weighted by molar-refractivity contribution is 0.669. The first-order chi connectivity index (χ1) is 27.7. The van der Waals surface area contributed by atoms with Gasteiger partial charge in [0.15, 0.2) is 0 Å². The Labute approximate surface area is 323 Å². The van der Waals surface area contributed by atoms with E-state index in [1.165, 1.54) is 0 Å². The van der Waals surface area contributed by atoms with Crippen LogP contribution >= 0.6 is 0 Å². The molecule has 0 atom stereocenters. The largest absolute Gasteiger partial charge is 0.455 e. The van der Waals surface area contributed by atoms with Crippen molar-refractivity contribution in [1.29, 1.82) is 0 Å². The Balaban J connectivity index is 0.907. The van der Waals surface area contributed by atoms with E-state index in [-0.39, 0.29) is 0 Å². The van der Waals surface area contributed by atoms with Crippen LogP contribution in [-0.2, 0) is 0 Å². The second-order valence-electron chi connectivity index (χ2n) is 14.3. The average Bonchev–Trinajstić information content (AvgIpc) is 3.86. The third kappa shape index (κ3) is 5.49. The normalized spacial score (nSPS) is 11.6. The monoisotopic (exact) mass is 715 g/mol. The quantitative estimate of drug-likeness (QED) is 0.172. The van der Waals surface area contributed by atoms with Crippen molar-refractivity contribution < 1.29 is 8.83 Å². The number of furan rings is 2. The SMILES string of the molecule is c1cc(-c2cncc(-c3cccc(-c4cccc(-c5cccc6c5oc5ccccc56)c4)c3)c2)cc(-c2cccc(-c3cccc4c3oc3ccccc34)c2)c1. The maximum absolute atomic E-state index is 6.38. The molecule has 3 aromatic heterocycles. The number of benzene rings is 8. The van der Waals surface area contributed by atoms with E-state index in [9.17, 15) is 0 Å². The molecule has 0 N–H and O–H groups in total. The number of nitrogens with zero attached hydrogens (tertiary/aromatic N) is 1. The summed E-state index contributed by atoms with van der Waals surface area (Å²) in [7, 11) is 0. The lowest BCUT2D eigenvalue weighted by Gasteiger charge is -2.11. The second kappa shape index (κ2) is 13.1. The van der Waals surface area contributed by atoms with Crippen LogP contribution < -0.4 is 0 Å². The van der Waals surface area contributed by atoms with Crippen molar-refractivity contribution >= 4 is 43.9 Å². The van der Waals surface area contributed by atoms with Crippen molar-refractivity contribution in [3.8, 4) is 66.8 Å². The molecule has 0 aliphatic heterocycles. The van der Waals surface area contributed by atoms with E-state index in [1.54, 1.807) is 0 Å². The molecule has 0 spiro atoms. The Hall–Kier alpha value is -7.49. The van der Waals surface area contributed by atoms with Crippen LogP contribution in [-0.4, -0.2) is 4.98 Å². The lowest BCUT2D eigenvalue weighted by Crippen LogP contribution is -1.87. The molecule has 0 saturated heterocycles. The highest BCUT2D eigenvalue weighted by Gasteiger charge is 2.15. The lowest BCUT2D eigenvalue weighted by atomic mass is 9.94. The van der Waals surface area contributed by atoms with E-state index < -0.39 is 0 Å². The average molecular weight is 716 g/mol. The smallest absolute Gasteiger partial charge is 0.143 e. The molecule has 0 aliphatic carbocycles. The number of hydrogen-bond donors (Lipinski definition) is 0. The first kappa shape index (κ1) is 32.0. The van der Waals surface area contributed by atoms with Gasteiger partial charge in [0, 0.05) is 56.2 Å². The first-order valence-corrected chi connectivity index (χ1v) is 18.9. The molecular formula is C53H33NO2. The Morgan fingerprint density at radius 3 is 1.04 bits per heavy atom. The molecule has 0 saturated carbocycles. The van der Waals surface area contributed by atoms with Gasteiger partial charge in [0.1, 0.15) is 22.3 Å². The van der Waals surface area contributed by atoms with Crippen LogP contribution in [0, 0.1) is 0 Å². The fraction of sp³-hybridized carbons (Fsp3) is 0. The molecule has 56 heavy (non-hydrogen) atoms. The molecule has 0 aliphatic rings. The molecule has 0 bridgehead atoms. The van der Waals surface area contributed by atoms with Crippen LogP contribution in [0.5, 0.6) is 0 Å². The maximum atomic E-state index is 6.38. The first-order valence-electron chi connectivity index (χ1n) is 18.9. The van der Waals surface area contributed by atoms with Crippen LogP contribution in [0.2, 0.25) is 0 Å². The van der Waals surface area contributed by atoms with Gasteiger partial charge in [-0.1, -0.05) is 146 Å². The number of hydrogen-bond acceptors (Lipinski definition) is 3. The van der Waals surface area contributed by atoms with Gasteiger partial charge in [0.25, 0.3) is 0 Å². The Bertz CT molecular complexity index is 3060. The summed E-state index contributed by atoms with van der Waals surface area (Å²) < 4.78 is 12.8. The van der Waals surface area contributed by atoms with E-state index in [4.69, 9.17) is 13.8 Å². The van der Waals surface area contributed by atoms with E-state index in [0.717, 1.165) is 111 Å². The highest BCUT2D eigenvalue weighted by atomic mass is 16.3. The highest BCUT2D eigenvalue weighted by molar-refractivity contribution is 6.10. The van der Waals surface area contributed by atoms with Crippen molar-refractivity contribution in [3.63, 3.8) is 0 Å². The Kier molecular flexibility index (Phi) is 7.49. The summed E-state index contributed by atoms with van der Waals surface area (Å²) in [5.74, 6) is 0. The Morgan fingerprint density at radius 2 is 0.589 bits per heavy atom. The molecule has 3 nitrogen and oxygen atoms in total. The van der Waals surface area contributed by atoms with Crippen LogP contribution in [0.15, 0.2) is 209 Å². The summed E-state index contributed by atoms with van der Waals surface area (Å²) in [6.45, 7) is 0. The van der Waals surface area contributed by atoms with Gasteiger partial charge in [-0.15, -0.1) is 0 Å². The van der Waals surface area contributed by atoms with Crippen molar-refractivity contribution in [1.82, 2.24) is 4.98 Å². The summed E-state index contributed by atoms with van der Waals surface area (Å²) in [5.41, 5.74) is 17.0. The van der Waals surface area contributed by atoms with Crippen LogP contribution in [0.1, 0.15) is 0 Å². The molecular weight excluding hydrogens is 683 g/mol. The van der Waals surface area contributed by atoms with Gasteiger partial charge in [-0.05, 0) is 87.0 Å². The molecule has 0 radical (unpaired) electrons. The van der Waals surface area contributed by atoms with Crippen molar-refractivity contribution in [2.75, 3.05) is 0 Å². The van der Waals surface area contributed by atoms with Gasteiger partial charge in [0.2, 0.25) is 0 Å². The molecule has 11 rings (SSSR count). The number of fused-ring (bicyclic) bond motifs is 6. The van der Waals surface area contributed by atoms with Gasteiger partial charge in [-0.3, -0.25) is 4.98 Å². The maximum Gasteiger partial charge on any atom is 0.143 e. The zero-order valence-electron chi connectivity index (χ0n) is 30.3. The third-order valence-electron chi connectivity index (χ3n) is 11.0. The van der Waals surface area contributed by atoms with Crippen LogP contribution in [0.25, 0.3) is 111 Å². The zero-order chi connectivity index (χ0) is 37.0. The molecule has 3 heterocycles. The van der Waals surface area contributed by atoms with Gasteiger partial charge in [-0.25, -0.2) is 0 Å². The minimum atomic E-state index is 0.906. The third-order valence-corrected chi connectivity index (χ3v) is 11.0. The van der Waals surface area contributed by atoms with Gasteiger partial charge < -0.3 is 8.83 Å². The number of rotatable bonds is 6. The van der Waals surface area contributed by atoms with Crippen LogP contribution in [0.4, 0.5) is 0 Å². The fourth-order valence-electron chi connectivity index (χ4n) is 8.19. The Morgan fingerprint density at radius 1 is 0.268 bits per heavy atom. The van der Waals surface area contributed by atoms with Gasteiger partial charge in [-0.2, -0.15) is 0 Å². The van der Waals surface area contributed by atoms with Crippen LogP contribution in [0.3, 0.4) is 0 Å². The molecule has 0 fully saturated rings. The molecule has 0 unspecified atom stereocenters. The van der Waals surface area contributed by atoms with Crippen molar-refractivity contribution in [2.24, 2.45) is 0 Å². The van der Waals surface area contributed by atoms with E-state index in [0.29, 0.717) is 0 Å². The summed E-state index contributed by atoms with van der Waals surface area (Å²) in [6, 6.07) is 66.4. The van der Waals surface area contributed by atoms with Crippen molar-refractivity contribution in [3.05, 3.63) is 200 Å². The summed E-state index contributed by atoms with van der Waals surface area (Å²) in [5, 5.41) is 4.54. The topological polar surface area (TPSA) is 39.2 Å². The predicted molar refractivity (Wildman–Crippen MR) is 231 cm³/mol. The fourth-order valence-corrected chi connectivity index (χ4v) is 8.19. The molecule has 0 amide bonds. The van der Waals surface area contributed by atoms with Gasteiger partial charge >= 0.3 is 0 Å². The minimum Gasteiger partial charge on any atom is -0.455 e. The summed E-state index contributed by atoms with van der Waals surface area (Å²) in [6.07, 6.45) is 3.90.